The number of amides is 2. The molecule has 1 aliphatic heterocycles. The van der Waals surface area contributed by atoms with Gasteiger partial charge >= 0.3 is 0 Å². The number of nitrogens with one attached hydrogen (secondary N) is 2. The van der Waals surface area contributed by atoms with Crippen LogP contribution >= 0.6 is 0 Å². The number of aromatic hydroxyl groups is 1. The zero-order valence-electron chi connectivity index (χ0n) is 15.3. The normalized spacial score (nSPS) is 17.8. The van der Waals surface area contributed by atoms with Gasteiger partial charge in [-0.3, -0.25) is 9.59 Å². The zero-order chi connectivity index (χ0) is 20.3. The number of carbonyl (C=O) groups is 2. The minimum Gasteiger partial charge on any atom is -0.506 e. The van der Waals surface area contributed by atoms with Crippen molar-refractivity contribution in [2.75, 3.05) is 18.4 Å². The van der Waals surface area contributed by atoms with Gasteiger partial charge in [0.05, 0.1) is 17.0 Å². The molecule has 2 aromatic carbocycles. The second-order valence-electron chi connectivity index (χ2n) is 6.51. The molecule has 148 valence electrons. The van der Waals surface area contributed by atoms with Crippen molar-refractivity contribution in [3.8, 4) is 5.75 Å². The summed E-state index contributed by atoms with van der Waals surface area (Å²) in [5.74, 6) is -1.23. The molecule has 2 aromatic rings. The van der Waals surface area contributed by atoms with Gasteiger partial charge in [-0.05, 0) is 31.2 Å². The summed E-state index contributed by atoms with van der Waals surface area (Å²) in [5.41, 5.74) is 1.10. The summed E-state index contributed by atoms with van der Waals surface area (Å²) in [5, 5.41) is 14.9. The highest BCUT2D eigenvalue weighted by molar-refractivity contribution is 7.89. The van der Waals surface area contributed by atoms with Crippen LogP contribution in [0.3, 0.4) is 0 Å². The number of phenolic OH excluding ortho intramolecular Hbond substituents is 1. The van der Waals surface area contributed by atoms with E-state index in [0.717, 1.165) is 9.87 Å². The van der Waals surface area contributed by atoms with E-state index in [1.165, 1.54) is 24.3 Å². The van der Waals surface area contributed by atoms with Crippen LogP contribution in [0.4, 0.5) is 5.69 Å². The van der Waals surface area contributed by atoms with Crippen molar-refractivity contribution in [3.63, 3.8) is 0 Å². The zero-order valence-corrected chi connectivity index (χ0v) is 16.1. The lowest BCUT2D eigenvalue weighted by Crippen LogP contribution is -2.57. The summed E-state index contributed by atoms with van der Waals surface area (Å²) >= 11 is 0. The topological polar surface area (TPSA) is 116 Å². The Hall–Kier alpha value is -2.91. The Bertz CT molecular complexity index is 989. The molecule has 3 rings (SSSR count). The van der Waals surface area contributed by atoms with Crippen molar-refractivity contribution >= 4 is 27.5 Å². The van der Waals surface area contributed by atoms with Gasteiger partial charge in [-0.15, -0.1) is 0 Å². The lowest BCUT2D eigenvalue weighted by Gasteiger charge is -2.33. The first-order valence-corrected chi connectivity index (χ1v) is 10.2. The summed E-state index contributed by atoms with van der Waals surface area (Å²) in [4.78, 5) is 24.8. The summed E-state index contributed by atoms with van der Waals surface area (Å²) < 4.78 is 27.1. The second-order valence-corrected chi connectivity index (χ2v) is 8.40. The highest BCUT2D eigenvalue weighted by Gasteiger charge is 2.39. The van der Waals surface area contributed by atoms with Crippen molar-refractivity contribution in [3.05, 3.63) is 54.1 Å². The minimum atomic E-state index is -3.94. The van der Waals surface area contributed by atoms with E-state index in [-0.39, 0.29) is 35.8 Å². The average Bonchev–Trinajstić information content (AvgIpc) is 2.65. The summed E-state index contributed by atoms with van der Waals surface area (Å²) in [6.07, 6.45) is -0.370. The Balaban J connectivity index is 1.82. The second kappa shape index (κ2) is 7.99. The van der Waals surface area contributed by atoms with Gasteiger partial charge in [0.15, 0.2) is 0 Å². The number of sulfonamides is 1. The highest BCUT2D eigenvalue weighted by Crippen LogP contribution is 2.24. The molecule has 8 nitrogen and oxygen atoms in total. The number of phenols is 1. The molecule has 0 aromatic heterocycles. The first-order chi connectivity index (χ1) is 13.3. The third-order valence-electron chi connectivity index (χ3n) is 4.47. The molecule has 1 heterocycles. The maximum absolute atomic E-state index is 13.0. The number of hydrogen-bond acceptors (Lipinski definition) is 5. The third-order valence-corrected chi connectivity index (χ3v) is 6.39. The predicted molar refractivity (Wildman–Crippen MR) is 103 cm³/mol. The van der Waals surface area contributed by atoms with E-state index in [1.807, 2.05) is 6.92 Å². The number of nitrogens with zero attached hydrogens (tertiary/aromatic N) is 1. The Morgan fingerprint density at radius 1 is 1.21 bits per heavy atom. The van der Waals surface area contributed by atoms with Gasteiger partial charge in [-0.25, -0.2) is 8.42 Å². The number of benzene rings is 2. The molecule has 28 heavy (non-hydrogen) atoms. The van der Waals surface area contributed by atoms with E-state index in [9.17, 15) is 23.1 Å². The SMILES string of the molecule is Cc1ccc(S(=O)(=O)N2CCNC(=O)[C@@H]2CC(=O)Nc2ccccc2O)cc1. The molecule has 1 fully saturated rings. The van der Waals surface area contributed by atoms with Crippen molar-refractivity contribution in [2.45, 2.75) is 24.3 Å². The molecule has 1 atom stereocenters. The van der Waals surface area contributed by atoms with E-state index in [4.69, 9.17) is 0 Å². The van der Waals surface area contributed by atoms with Gasteiger partial charge in [-0.2, -0.15) is 4.31 Å². The van der Waals surface area contributed by atoms with Crippen molar-refractivity contribution < 1.29 is 23.1 Å². The Labute approximate surface area is 163 Å². The molecular formula is C19H21N3O5S. The first-order valence-electron chi connectivity index (χ1n) is 8.73. The maximum Gasteiger partial charge on any atom is 0.243 e. The molecular weight excluding hydrogens is 382 g/mol. The van der Waals surface area contributed by atoms with Gasteiger partial charge in [-0.1, -0.05) is 29.8 Å². The van der Waals surface area contributed by atoms with E-state index in [1.54, 1.807) is 24.3 Å². The van der Waals surface area contributed by atoms with Gasteiger partial charge in [0.2, 0.25) is 21.8 Å². The van der Waals surface area contributed by atoms with E-state index in [0.29, 0.717) is 0 Å². The molecule has 1 saturated heterocycles. The number of aryl methyl sites for hydroxylation is 1. The van der Waals surface area contributed by atoms with Crippen LogP contribution in [0, 0.1) is 6.92 Å². The van der Waals surface area contributed by atoms with E-state index < -0.39 is 27.9 Å². The smallest absolute Gasteiger partial charge is 0.243 e. The fourth-order valence-electron chi connectivity index (χ4n) is 2.98. The van der Waals surface area contributed by atoms with Crippen LogP contribution in [0.1, 0.15) is 12.0 Å². The molecule has 0 bridgehead atoms. The number of hydrogen-bond donors (Lipinski definition) is 3. The maximum atomic E-state index is 13.0. The lowest BCUT2D eigenvalue weighted by atomic mass is 10.1. The van der Waals surface area contributed by atoms with Crippen molar-refractivity contribution in [1.82, 2.24) is 9.62 Å². The molecule has 0 unspecified atom stereocenters. The largest absolute Gasteiger partial charge is 0.506 e. The standard InChI is InChI=1S/C19H21N3O5S/c1-13-6-8-14(9-7-13)28(26,27)22-11-10-20-19(25)16(22)12-18(24)21-15-4-2-3-5-17(15)23/h2-9,16,23H,10-12H2,1H3,(H,20,25)(H,21,24)/t16-/m0/s1. The number of carbonyl (C=O) groups excluding carboxylic acids is 2. The van der Waals surface area contributed by atoms with Crippen LogP contribution in [-0.4, -0.2) is 48.8 Å². The molecule has 0 aliphatic carbocycles. The van der Waals surface area contributed by atoms with Gasteiger partial charge in [0.25, 0.3) is 0 Å². The highest BCUT2D eigenvalue weighted by atomic mass is 32.2. The molecule has 1 aliphatic rings. The van der Waals surface area contributed by atoms with Crippen molar-refractivity contribution in [1.29, 1.82) is 0 Å². The molecule has 2 amide bonds. The first kappa shape index (κ1) is 19.8. The van der Waals surface area contributed by atoms with Gasteiger partial charge < -0.3 is 15.7 Å². The van der Waals surface area contributed by atoms with E-state index >= 15 is 0 Å². The molecule has 3 N–H and O–H groups in total. The number of piperazine rings is 1. The molecule has 0 saturated carbocycles. The van der Waals surface area contributed by atoms with Crippen molar-refractivity contribution in [2.24, 2.45) is 0 Å². The Morgan fingerprint density at radius 3 is 2.57 bits per heavy atom. The summed E-state index contributed by atoms with van der Waals surface area (Å²) in [7, 11) is -3.94. The minimum absolute atomic E-state index is 0.0660. The van der Waals surface area contributed by atoms with E-state index in [2.05, 4.69) is 10.6 Å². The third kappa shape index (κ3) is 4.15. The Morgan fingerprint density at radius 2 is 1.89 bits per heavy atom. The van der Waals surface area contributed by atoms with Gasteiger partial charge in [0.1, 0.15) is 11.8 Å². The number of rotatable bonds is 5. The fraction of sp³-hybridized carbons (Fsp3) is 0.263. The van der Waals surface area contributed by atoms with Crippen LogP contribution in [0.5, 0.6) is 5.75 Å². The van der Waals surface area contributed by atoms with Crippen LogP contribution in [0.15, 0.2) is 53.4 Å². The lowest BCUT2D eigenvalue weighted by molar-refractivity contribution is -0.130. The van der Waals surface area contributed by atoms with Crippen LogP contribution in [0.25, 0.3) is 0 Å². The molecule has 0 radical (unpaired) electrons. The monoisotopic (exact) mass is 403 g/mol. The molecule has 0 spiro atoms. The van der Waals surface area contributed by atoms with Gasteiger partial charge in [0, 0.05) is 13.1 Å². The predicted octanol–water partition coefficient (Wildman–Crippen LogP) is 1.22. The fourth-order valence-corrected chi connectivity index (χ4v) is 4.57. The van der Waals surface area contributed by atoms with Crippen LogP contribution < -0.4 is 10.6 Å². The van der Waals surface area contributed by atoms with Crippen LogP contribution in [-0.2, 0) is 19.6 Å². The number of anilines is 1. The summed E-state index contributed by atoms with van der Waals surface area (Å²) in [6.45, 7) is 2.08. The number of para-hydroxylation sites is 2. The average molecular weight is 403 g/mol. The quantitative estimate of drug-likeness (QED) is 0.649. The van der Waals surface area contributed by atoms with Crippen LogP contribution in [0.2, 0.25) is 0 Å². The molecule has 9 heteroatoms. The summed E-state index contributed by atoms with van der Waals surface area (Å²) in [6, 6.07) is 11.3. The Kier molecular flexibility index (Phi) is 5.66.